The van der Waals surface area contributed by atoms with Crippen molar-refractivity contribution < 1.29 is 0 Å². The highest BCUT2D eigenvalue weighted by molar-refractivity contribution is 5.44. The van der Waals surface area contributed by atoms with E-state index in [9.17, 15) is 0 Å². The number of aryl methyl sites for hydroxylation is 2. The van der Waals surface area contributed by atoms with Crippen molar-refractivity contribution in [3.8, 4) is 0 Å². The maximum absolute atomic E-state index is 6.06. The van der Waals surface area contributed by atoms with E-state index in [1.54, 1.807) is 0 Å². The summed E-state index contributed by atoms with van der Waals surface area (Å²) >= 11 is 0. The topological polar surface area (TPSA) is 52.0 Å². The lowest BCUT2D eigenvalue weighted by atomic mass is 9.86. The van der Waals surface area contributed by atoms with Crippen LogP contribution in [-0.4, -0.2) is 0 Å². The zero-order chi connectivity index (χ0) is 45.1. The van der Waals surface area contributed by atoms with E-state index in [0.717, 1.165) is 11.4 Å². The van der Waals surface area contributed by atoms with Crippen LogP contribution in [0.4, 0.5) is 11.4 Å². The van der Waals surface area contributed by atoms with Gasteiger partial charge in [-0.05, 0) is 96.2 Å². The maximum Gasteiger partial charge on any atom is 0.0314 e. The highest BCUT2D eigenvalue weighted by Crippen LogP contribution is 2.33. The van der Waals surface area contributed by atoms with Gasteiger partial charge in [-0.3, -0.25) is 0 Å². The quantitative estimate of drug-likeness (QED) is 0.0347. The van der Waals surface area contributed by atoms with E-state index in [4.69, 9.17) is 11.5 Å². The number of benzene rings is 4. The molecule has 4 aromatic rings. The molecule has 2 heteroatoms. The fourth-order valence-electron chi connectivity index (χ4n) is 10.1. The summed E-state index contributed by atoms with van der Waals surface area (Å²) in [5, 5.41) is 0. The SMILES string of the molecule is CCCCCCCCCCCC(c1ccc(N)cc1)c1ccc(CCCCCCCCCCCCCCc2ccc(C(CCCCCCCCCCC)c3ccc(N)cc3)cc2)cc1. The summed E-state index contributed by atoms with van der Waals surface area (Å²) in [7, 11) is 0. The molecule has 0 spiro atoms. The molecule has 0 saturated carbocycles. The molecule has 0 aromatic heterocycles. The smallest absolute Gasteiger partial charge is 0.0314 e. The molecule has 2 unspecified atom stereocenters. The van der Waals surface area contributed by atoms with E-state index < -0.39 is 0 Å². The standard InChI is InChI=1S/C62H96N2/c1-3-5-7-9-11-17-23-27-31-35-61(57-45-49-59(63)50-46-57)55-41-37-53(38-42-55)33-29-25-21-19-15-13-14-16-20-22-26-30-34-54-39-43-56(44-40-54)62(58-47-51-60(64)52-48-58)36-32-28-24-18-12-10-8-6-4-2/h37-52,61-62H,3-36,63-64H2,1-2H3. The molecule has 64 heavy (non-hydrogen) atoms. The summed E-state index contributed by atoms with van der Waals surface area (Å²) in [5.41, 5.74) is 22.6. The van der Waals surface area contributed by atoms with Crippen LogP contribution in [-0.2, 0) is 12.8 Å². The molecule has 0 aliphatic carbocycles. The molecule has 0 heterocycles. The zero-order valence-electron chi connectivity index (χ0n) is 41.6. The second-order valence-corrected chi connectivity index (χ2v) is 19.9. The Labute approximate surface area is 395 Å². The van der Waals surface area contributed by atoms with Gasteiger partial charge >= 0.3 is 0 Å². The van der Waals surface area contributed by atoms with Gasteiger partial charge in [0.2, 0.25) is 0 Å². The van der Waals surface area contributed by atoms with Crippen LogP contribution in [0.1, 0.15) is 265 Å². The largest absolute Gasteiger partial charge is 0.399 e. The van der Waals surface area contributed by atoms with Crippen LogP contribution in [0.5, 0.6) is 0 Å². The Balaban J connectivity index is 1.01. The fourth-order valence-corrected chi connectivity index (χ4v) is 10.1. The van der Waals surface area contributed by atoms with E-state index in [1.165, 1.54) is 252 Å². The highest BCUT2D eigenvalue weighted by atomic mass is 14.5. The Morgan fingerprint density at radius 2 is 0.484 bits per heavy atom. The molecule has 0 radical (unpaired) electrons. The normalized spacial score (nSPS) is 12.5. The molecule has 0 fully saturated rings. The number of hydrogen-bond donors (Lipinski definition) is 2. The summed E-state index contributed by atoms with van der Waals surface area (Å²) in [4.78, 5) is 0. The monoisotopic (exact) mass is 869 g/mol. The lowest BCUT2D eigenvalue weighted by Crippen LogP contribution is -2.02. The Morgan fingerprint density at radius 3 is 0.750 bits per heavy atom. The third-order valence-electron chi connectivity index (χ3n) is 14.3. The molecule has 2 atom stereocenters. The van der Waals surface area contributed by atoms with E-state index >= 15 is 0 Å². The maximum atomic E-state index is 6.06. The highest BCUT2D eigenvalue weighted by Gasteiger charge is 2.16. The molecule has 0 aliphatic heterocycles. The van der Waals surface area contributed by atoms with Gasteiger partial charge in [0.05, 0.1) is 0 Å². The molecule has 0 amide bonds. The third kappa shape index (κ3) is 23.1. The number of rotatable bonds is 39. The van der Waals surface area contributed by atoms with Crippen molar-refractivity contribution in [2.24, 2.45) is 0 Å². The van der Waals surface area contributed by atoms with Gasteiger partial charge in [0, 0.05) is 23.2 Å². The first-order chi connectivity index (χ1) is 31.6. The molecule has 4 N–H and O–H groups in total. The van der Waals surface area contributed by atoms with Gasteiger partial charge < -0.3 is 11.5 Å². The average molecular weight is 869 g/mol. The molecule has 2 nitrogen and oxygen atoms in total. The second kappa shape index (κ2) is 34.8. The zero-order valence-corrected chi connectivity index (χ0v) is 41.6. The lowest BCUT2D eigenvalue weighted by molar-refractivity contribution is 0.540. The molecule has 4 rings (SSSR count). The summed E-state index contributed by atoms with van der Waals surface area (Å²) in [6.45, 7) is 4.60. The fraction of sp³-hybridized carbons (Fsp3) is 0.613. The number of anilines is 2. The van der Waals surface area contributed by atoms with Crippen LogP contribution >= 0.6 is 0 Å². The van der Waals surface area contributed by atoms with E-state index in [0.29, 0.717) is 11.8 Å². The molecular formula is C62H96N2. The average Bonchev–Trinajstić information content (AvgIpc) is 3.32. The van der Waals surface area contributed by atoms with Gasteiger partial charge in [0.15, 0.2) is 0 Å². The van der Waals surface area contributed by atoms with Crippen molar-refractivity contribution in [2.45, 2.75) is 244 Å². The number of hydrogen-bond acceptors (Lipinski definition) is 2. The van der Waals surface area contributed by atoms with E-state index in [2.05, 4.69) is 111 Å². The molecule has 0 saturated heterocycles. The van der Waals surface area contributed by atoms with Crippen molar-refractivity contribution >= 4 is 11.4 Å². The van der Waals surface area contributed by atoms with Gasteiger partial charge in [-0.25, -0.2) is 0 Å². The van der Waals surface area contributed by atoms with Crippen LogP contribution in [0, 0.1) is 0 Å². The number of nitrogen functional groups attached to an aromatic ring is 2. The minimum atomic E-state index is 0.466. The van der Waals surface area contributed by atoms with Crippen LogP contribution in [0.25, 0.3) is 0 Å². The van der Waals surface area contributed by atoms with Gasteiger partial charge in [-0.2, -0.15) is 0 Å². The van der Waals surface area contributed by atoms with Crippen molar-refractivity contribution in [3.05, 3.63) is 130 Å². The third-order valence-corrected chi connectivity index (χ3v) is 14.3. The van der Waals surface area contributed by atoms with Crippen molar-refractivity contribution in [2.75, 3.05) is 11.5 Å². The molecule has 0 bridgehead atoms. The Hall–Kier alpha value is -3.52. The molecule has 4 aromatic carbocycles. The van der Waals surface area contributed by atoms with Crippen LogP contribution in [0.3, 0.4) is 0 Å². The molecular weight excluding hydrogens is 773 g/mol. The first kappa shape index (κ1) is 53.1. The first-order valence-corrected chi connectivity index (χ1v) is 27.5. The number of nitrogens with two attached hydrogens (primary N) is 2. The lowest BCUT2D eigenvalue weighted by Gasteiger charge is -2.19. The van der Waals surface area contributed by atoms with E-state index in [-0.39, 0.29) is 0 Å². The summed E-state index contributed by atoms with van der Waals surface area (Å²) in [6.07, 6.45) is 46.3. The van der Waals surface area contributed by atoms with Crippen molar-refractivity contribution in [1.29, 1.82) is 0 Å². The van der Waals surface area contributed by atoms with Gasteiger partial charge in [-0.15, -0.1) is 0 Å². The number of unbranched alkanes of at least 4 members (excludes halogenated alkanes) is 27. The van der Waals surface area contributed by atoms with Crippen LogP contribution in [0.2, 0.25) is 0 Å². The van der Waals surface area contributed by atoms with Crippen LogP contribution in [0.15, 0.2) is 97.1 Å². The molecule has 0 aliphatic rings. The minimum absolute atomic E-state index is 0.466. The Kier molecular flexibility index (Phi) is 28.9. The molecule has 354 valence electrons. The van der Waals surface area contributed by atoms with Gasteiger partial charge in [0.1, 0.15) is 0 Å². The van der Waals surface area contributed by atoms with Gasteiger partial charge in [-0.1, -0.05) is 266 Å². The minimum Gasteiger partial charge on any atom is -0.399 e. The Morgan fingerprint density at radius 1 is 0.266 bits per heavy atom. The van der Waals surface area contributed by atoms with Crippen LogP contribution < -0.4 is 11.5 Å². The van der Waals surface area contributed by atoms with Crippen molar-refractivity contribution in [3.63, 3.8) is 0 Å². The predicted octanol–water partition coefficient (Wildman–Crippen LogP) is 19.4. The van der Waals surface area contributed by atoms with E-state index in [1.807, 2.05) is 0 Å². The Bertz CT molecular complexity index is 1530. The van der Waals surface area contributed by atoms with Gasteiger partial charge in [0.25, 0.3) is 0 Å². The summed E-state index contributed by atoms with van der Waals surface area (Å²) < 4.78 is 0. The summed E-state index contributed by atoms with van der Waals surface area (Å²) in [6, 6.07) is 36.6. The summed E-state index contributed by atoms with van der Waals surface area (Å²) in [5.74, 6) is 0.932. The first-order valence-electron chi connectivity index (χ1n) is 27.5. The van der Waals surface area contributed by atoms with Crippen molar-refractivity contribution in [1.82, 2.24) is 0 Å². The predicted molar refractivity (Wildman–Crippen MR) is 285 cm³/mol. The second-order valence-electron chi connectivity index (χ2n) is 19.9.